The highest BCUT2D eigenvalue weighted by atomic mass is 16.5. The molecule has 0 spiro atoms. The highest BCUT2D eigenvalue weighted by molar-refractivity contribution is 5.36. The summed E-state index contributed by atoms with van der Waals surface area (Å²) in [7, 11) is 3.79. The van der Waals surface area contributed by atoms with Crippen LogP contribution < -0.4 is 10.1 Å². The summed E-state index contributed by atoms with van der Waals surface area (Å²) in [6.45, 7) is 6.71. The van der Waals surface area contributed by atoms with Gasteiger partial charge in [-0.25, -0.2) is 0 Å². The molecule has 106 valence electrons. The molecule has 0 amide bonds. The van der Waals surface area contributed by atoms with Crippen molar-refractivity contribution in [3.05, 3.63) is 29.3 Å². The topological polar surface area (TPSA) is 24.5 Å². The zero-order valence-electron chi connectivity index (χ0n) is 12.4. The molecule has 1 aromatic rings. The van der Waals surface area contributed by atoms with Gasteiger partial charge in [0.1, 0.15) is 5.75 Å². The zero-order chi connectivity index (χ0) is 13.7. The molecule has 1 heterocycles. The third kappa shape index (κ3) is 3.95. The van der Waals surface area contributed by atoms with E-state index in [1.807, 2.05) is 7.05 Å². The molecule has 1 saturated heterocycles. The third-order valence-electron chi connectivity index (χ3n) is 4.08. The van der Waals surface area contributed by atoms with Crippen LogP contribution in [0.5, 0.6) is 5.75 Å². The maximum atomic E-state index is 5.40. The van der Waals surface area contributed by atoms with Crippen LogP contribution in [-0.2, 0) is 6.54 Å². The van der Waals surface area contributed by atoms with Gasteiger partial charge in [0.2, 0.25) is 0 Å². The average molecular weight is 262 g/mol. The molecule has 0 bridgehead atoms. The lowest BCUT2D eigenvalue weighted by atomic mass is 9.96. The summed E-state index contributed by atoms with van der Waals surface area (Å²) in [6.07, 6.45) is 2.62. The van der Waals surface area contributed by atoms with Crippen molar-refractivity contribution in [2.24, 2.45) is 5.92 Å². The van der Waals surface area contributed by atoms with Crippen LogP contribution in [0.3, 0.4) is 0 Å². The fourth-order valence-electron chi connectivity index (χ4n) is 2.86. The zero-order valence-corrected chi connectivity index (χ0v) is 12.4. The SMILES string of the molecule is CNCC1CCN(Cc2ccc(C)c(OC)c2)CC1. The van der Waals surface area contributed by atoms with Gasteiger partial charge in [0.05, 0.1) is 7.11 Å². The quantitative estimate of drug-likeness (QED) is 0.882. The van der Waals surface area contributed by atoms with Crippen molar-refractivity contribution in [1.29, 1.82) is 0 Å². The standard InChI is InChI=1S/C16H26N2O/c1-13-4-5-15(10-16(13)19-3)12-18-8-6-14(7-9-18)11-17-2/h4-5,10,14,17H,6-9,11-12H2,1-3H3. The number of piperidine rings is 1. The molecule has 19 heavy (non-hydrogen) atoms. The Morgan fingerprint density at radius 2 is 2.05 bits per heavy atom. The summed E-state index contributed by atoms with van der Waals surface area (Å²) in [5.74, 6) is 1.86. The predicted octanol–water partition coefficient (Wildman–Crippen LogP) is 2.44. The van der Waals surface area contributed by atoms with E-state index in [9.17, 15) is 0 Å². The number of hydrogen-bond donors (Lipinski definition) is 1. The minimum absolute atomic E-state index is 0.855. The lowest BCUT2D eigenvalue weighted by Gasteiger charge is -2.32. The molecular weight excluding hydrogens is 236 g/mol. The van der Waals surface area contributed by atoms with Crippen molar-refractivity contribution in [2.45, 2.75) is 26.3 Å². The molecule has 0 atom stereocenters. The van der Waals surface area contributed by atoms with Crippen LogP contribution in [0.2, 0.25) is 0 Å². The number of aryl methyl sites for hydroxylation is 1. The highest BCUT2D eigenvalue weighted by Gasteiger charge is 2.18. The van der Waals surface area contributed by atoms with E-state index in [0.717, 1.165) is 24.8 Å². The van der Waals surface area contributed by atoms with Crippen LogP contribution in [0.15, 0.2) is 18.2 Å². The minimum atomic E-state index is 0.855. The van der Waals surface area contributed by atoms with Gasteiger partial charge in [0.25, 0.3) is 0 Å². The molecule has 2 rings (SSSR count). The number of ether oxygens (including phenoxy) is 1. The second kappa shape index (κ2) is 6.92. The molecule has 0 aromatic heterocycles. The molecule has 1 fully saturated rings. The number of methoxy groups -OCH3 is 1. The Labute approximate surface area is 116 Å². The number of likely N-dealkylation sites (tertiary alicyclic amines) is 1. The summed E-state index contributed by atoms with van der Waals surface area (Å²) in [6, 6.07) is 6.55. The fraction of sp³-hybridized carbons (Fsp3) is 0.625. The first-order chi connectivity index (χ1) is 9.22. The van der Waals surface area contributed by atoms with Crippen molar-refractivity contribution in [3.63, 3.8) is 0 Å². The second-order valence-corrected chi connectivity index (χ2v) is 5.58. The Morgan fingerprint density at radius 1 is 1.32 bits per heavy atom. The van der Waals surface area contributed by atoms with Crippen molar-refractivity contribution >= 4 is 0 Å². The van der Waals surface area contributed by atoms with Crippen LogP contribution in [0.1, 0.15) is 24.0 Å². The molecular formula is C16H26N2O. The van der Waals surface area contributed by atoms with E-state index in [2.05, 4.69) is 35.3 Å². The fourth-order valence-corrected chi connectivity index (χ4v) is 2.86. The van der Waals surface area contributed by atoms with Crippen LogP contribution in [0, 0.1) is 12.8 Å². The van der Waals surface area contributed by atoms with Gasteiger partial charge in [-0.2, -0.15) is 0 Å². The molecule has 1 N–H and O–H groups in total. The smallest absolute Gasteiger partial charge is 0.122 e. The van der Waals surface area contributed by atoms with Gasteiger partial charge in [-0.15, -0.1) is 0 Å². The summed E-state index contributed by atoms with van der Waals surface area (Å²) < 4.78 is 5.40. The molecule has 1 aliphatic heterocycles. The third-order valence-corrected chi connectivity index (χ3v) is 4.08. The lowest BCUT2D eigenvalue weighted by molar-refractivity contribution is 0.176. The van der Waals surface area contributed by atoms with Crippen LogP contribution in [-0.4, -0.2) is 38.7 Å². The summed E-state index contributed by atoms with van der Waals surface area (Å²) in [4.78, 5) is 2.55. The van der Waals surface area contributed by atoms with Crippen LogP contribution in [0.25, 0.3) is 0 Å². The summed E-state index contributed by atoms with van der Waals surface area (Å²) >= 11 is 0. The lowest BCUT2D eigenvalue weighted by Crippen LogP contribution is -2.36. The monoisotopic (exact) mass is 262 g/mol. The molecule has 0 radical (unpaired) electrons. The first-order valence-corrected chi connectivity index (χ1v) is 7.23. The van der Waals surface area contributed by atoms with E-state index in [4.69, 9.17) is 4.74 Å². The van der Waals surface area contributed by atoms with Crippen LogP contribution >= 0.6 is 0 Å². The number of nitrogens with one attached hydrogen (secondary N) is 1. The van der Waals surface area contributed by atoms with E-state index < -0.39 is 0 Å². The van der Waals surface area contributed by atoms with Gasteiger partial charge in [-0.1, -0.05) is 12.1 Å². The van der Waals surface area contributed by atoms with E-state index >= 15 is 0 Å². The van der Waals surface area contributed by atoms with E-state index in [-0.39, 0.29) is 0 Å². The van der Waals surface area contributed by atoms with Crippen molar-refractivity contribution < 1.29 is 4.74 Å². The molecule has 3 nitrogen and oxygen atoms in total. The first-order valence-electron chi connectivity index (χ1n) is 7.23. The number of rotatable bonds is 5. The molecule has 0 saturated carbocycles. The Balaban J connectivity index is 1.88. The Kier molecular flexibility index (Phi) is 5.23. The summed E-state index contributed by atoms with van der Waals surface area (Å²) in [5.41, 5.74) is 2.56. The molecule has 1 aliphatic rings. The maximum Gasteiger partial charge on any atom is 0.122 e. The largest absolute Gasteiger partial charge is 0.496 e. The second-order valence-electron chi connectivity index (χ2n) is 5.58. The Morgan fingerprint density at radius 3 is 2.68 bits per heavy atom. The van der Waals surface area contributed by atoms with Gasteiger partial charge in [-0.05, 0) is 69.6 Å². The van der Waals surface area contributed by atoms with Gasteiger partial charge < -0.3 is 10.1 Å². The number of hydrogen-bond acceptors (Lipinski definition) is 3. The molecule has 1 aromatic carbocycles. The highest BCUT2D eigenvalue weighted by Crippen LogP contribution is 2.22. The van der Waals surface area contributed by atoms with Gasteiger partial charge >= 0.3 is 0 Å². The van der Waals surface area contributed by atoms with Crippen LogP contribution in [0.4, 0.5) is 0 Å². The predicted molar refractivity (Wildman–Crippen MR) is 79.7 cm³/mol. The van der Waals surface area contributed by atoms with E-state index in [0.29, 0.717) is 0 Å². The van der Waals surface area contributed by atoms with Gasteiger partial charge in [0.15, 0.2) is 0 Å². The summed E-state index contributed by atoms with van der Waals surface area (Å²) in [5, 5.41) is 3.29. The molecule has 3 heteroatoms. The number of nitrogens with zero attached hydrogens (tertiary/aromatic N) is 1. The normalized spacial score (nSPS) is 17.6. The van der Waals surface area contributed by atoms with Crippen molar-refractivity contribution in [2.75, 3.05) is 33.8 Å². The van der Waals surface area contributed by atoms with Crippen molar-refractivity contribution in [1.82, 2.24) is 10.2 Å². The van der Waals surface area contributed by atoms with Gasteiger partial charge in [-0.3, -0.25) is 4.90 Å². The number of benzene rings is 1. The maximum absolute atomic E-state index is 5.40. The van der Waals surface area contributed by atoms with Gasteiger partial charge in [0, 0.05) is 6.54 Å². The minimum Gasteiger partial charge on any atom is -0.496 e. The van der Waals surface area contributed by atoms with E-state index in [1.54, 1.807) is 7.11 Å². The average Bonchev–Trinajstić information content (AvgIpc) is 2.43. The first kappa shape index (κ1) is 14.4. The molecule has 0 unspecified atom stereocenters. The Hall–Kier alpha value is -1.06. The molecule has 0 aliphatic carbocycles. The van der Waals surface area contributed by atoms with E-state index in [1.165, 1.54) is 37.1 Å². The Bertz CT molecular complexity index is 398. The van der Waals surface area contributed by atoms with Crippen molar-refractivity contribution in [3.8, 4) is 5.75 Å².